The number of hydrogen-bond acceptors (Lipinski definition) is 3. The number of anilines is 1. The average Bonchev–Trinajstić information content (AvgIpc) is 2.54. The molecule has 102 valence electrons. The van der Waals surface area contributed by atoms with Crippen molar-refractivity contribution in [1.29, 1.82) is 5.26 Å². The van der Waals surface area contributed by atoms with E-state index in [-0.39, 0.29) is 0 Å². The van der Waals surface area contributed by atoms with Crippen molar-refractivity contribution < 1.29 is 0 Å². The number of nitriles is 1. The Balaban J connectivity index is 1.91. The molecule has 1 atom stereocenters. The Kier molecular flexibility index (Phi) is 3.72. The zero-order valence-electron chi connectivity index (χ0n) is 11.1. The summed E-state index contributed by atoms with van der Waals surface area (Å²) in [5.74, 6) is 0. The molecule has 1 heterocycles. The van der Waals surface area contributed by atoms with Crippen LogP contribution in [0.25, 0.3) is 10.9 Å². The topological polar surface area (TPSA) is 48.7 Å². The predicted octanol–water partition coefficient (Wildman–Crippen LogP) is 4.56. The van der Waals surface area contributed by atoms with Crippen LogP contribution in [0, 0.1) is 11.3 Å². The number of pyridine rings is 1. The van der Waals surface area contributed by atoms with E-state index in [0.717, 1.165) is 22.2 Å². The lowest BCUT2D eigenvalue weighted by Gasteiger charge is -2.14. The second-order valence-electron chi connectivity index (χ2n) is 4.67. The summed E-state index contributed by atoms with van der Waals surface area (Å²) in [6.45, 7) is 0. The van der Waals surface area contributed by atoms with E-state index in [1.54, 1.807) is 18.3 Å². The van der Waals surface area contributed by atoms with E-state index < -0.39 is 6.04 Å². The van der Waals surface area contributed by atoms with Gasteiger partial charge in [-0.25, -0.2) is 0 Å². The van der Waals surface area contributed by atoms with E-state index in [0.29, 0.717) is 5.02 Å². The van der Waals surface area contributed by atoms with E-state index in [4.69, 9.17) is 11.6 Å². The number of halogens is 1. The Morgan fingerprint density at radius 3 is 2.67 bits per heavy atom. The Morgan fingerprint density at radius 2 is 1.90 bits per heavy atom. The number of benzene rings is 2. The van der Waals surface area contributed by atoms with Crippen molar-refractivity contribution in [2.45, 2.75) is 6.04 Å². The van der Waals surface area contributed by atoms with Gasteiger partial charge in [-0.1, -0.05) is 23.7 Å². The molecule has 3 nitrogen and oxygen atoms in total. The Hall–Kier alpha value is -2.57. The third-order valence-electron chi connectivity index (χ3n) is 3.24. The molecule has 0 aliphatic rings. The van der Waals surface area contributed by atoms with Gasteiger partial charge in [0.05, 0.1) is 11.6 Å². The fourth-order valence-electron chi connectivity index (χ4n) is 2.18. The van der Waals surface area contributed by atoms with E-state index in [1.165, 1.54) is 0 Å². The predicted molar refractivity (Wildman–Crippen MR) is 85.2 cm³/mol. The van der Waals surface area contributed by atoms with Gasteiger partial charge in [0.2, 0.25) is 0 Å². The fraction of sp³-hybridized carbons (Fsp3) is 0.0588. The van der Waals surface area contributed by atoms with Crippen LogP contribution in [0.5, 0.6) is 0 Å². The molecule has 3 aromatic rings. The van der Waals surface area contributed by atoms with Gasteiger partial charge in [0.1, 0.15) is 6.04 Å². The number of nitrogens with one attached hydrogen (secondary N) is 1. The lowest BCUT2D eigenvalue weighted by atomic mass is 10.0. The maximum Gasteiger partial charge on any atom is 0.140 e. The summed E-state index contributed by atoms with van der Waals surface area (Å²) in [6, 6.07) is 18.9. The second-order valence-corrected chi connectivity index (χ2v) is 5.11. The van der Waals surface area contributed by atoms with Gasteiger partial charge >= 0.3 is 0 Å². The average molecular weight is 294 g/mol. The molecular weight excluding hydrogens is 282 g/mol. The summed E-state index contributed by atoms with van der Waals surface area (Å²) in [4.78, 5) is 4.28. The van der Waals surface area contributed by atoms with Crippen LogP contribution in [0.2, 0.25) is 5.02 Å². The van der Waals surface area contributed by atoms with Crippen LogP contribution in [-0.4, -0.2) is 4.98 Å². The second kappa shape index (κ2) is 5.82. The van der Waals surface area contributed by atoms with Crippen molar-refractivity contribution in [3.8, 4) is 6.07 Å². The number of rotatable bonds is 3. The molecule has 1 aromatic heterocycles. The van der Waals surface area contributed by atoms with E-state index >= 15 is 0 Å². The minimum absolute atomic E-state index is 0.421. The van der Waals surface area contributed by atoms with Gasteiger partial charge in [0.25, 0.3) is 0 Å². The van der Waals surface area contributed by atoms with Crippen LogP contribution in [0.4, 0.5) is 5.69 Å². The first-order valence-electron chi connectivity index (χ1n) is 6.53. The minimum Gasteiger partial charge on any atom is -0.366 e. The van der Waals surface area contributed by atoms with Crippen molar-refractivity contribution >= 4 is 28.2 Å². The molecule has 3 rings (SSSR count). The fourth-order valence-corrected chi connectivity index (χ4v) is 2.30. The van der Waals surface area contributed by atoms with Gasteiger partial charge in [-0.15, -0.1) is 0 Å². The Morgan fingerprint density at radius 1 is 1.10 bits per heavy atom. The number of fused-ring (bicyclic) bond motifs is 1. The molecular formula is C17H12ClN3. The van der Waals surface area contributed by atoms with Gasteiger partial charge in [0.15, 0.2) is 0 Å². The zero-order chi connectivity index (χ0) is 14.7. The smallest absolute Gasteiger partial charge is 0.140 e. The summed E-state index contributed by atoms with van der Waals surface area (Å²) < 4.78 is 0. The zero-order valence-corrected chi connectivity index (χ0v) is 11.9. The highest BCUT2D eigenvalue weighted by Gasteiger charge is 2.11. The van der Waals surface area contributed by atoms with Crippen LogP contribution in [0.15, 0.2) is 60.8 Å². The van der Waals surface area contributed by atoms with Crippen LogP contribution >= 0.6 is 11.6 Å². The Labute approximate surface area is 127 Å². The quantitative estimate of drug-likeness (QED) is 0.770. The van der Waals surface area contributed by atoms with Crippen LogP contribution in [0.3, 0.4) is 0 Å². The van der Waals surface area contributed by atoms with Crippen molar-refractivity contribution in [2.24, 2.45) is 0 Å². The maximum absolute atomic E-state index is 9.41. The highest BCUT2D eigenvalue weighted by Crippen LogP contribution is 2.23. The largest absolute Gasteiger partial charge is 0.366 e. The molecule has 4 heteroatoms. The molecule has 0 bridgehead atoms. The van der Waals surface area contributed by atoms with Gasteiger partial charge in [-0.2, -0.15) is 5.26 Å². The van der Waals surface area contributed by atoms with Gasteiger partial charge in [-0.05, 0) is 48.0 Å². The van der Waals surface area contributed by atoms with E-state index in [9.17, 15) is 5.26 Å². The van der Waals surface area contributed by atoms with E-state index in [1.807, 2.05) is 42.5 Å². The molecule has 0 aliphatic heterocycles. The molecule has 2 aromatic carbocycles. The van der Waals surface area contributed by atoms with Crippen molar-refractivity contribution in [3.05, 3.63) is 71.4 Å². The molecule has 21 heavy (non-hydrogen) atoms. The lowest BCUT2D eigenvalue weighted by molar-refractivity contribution is 1.00. The molecule has 0 fully saturated rings. The summed E-state index contributed by atoms with van der Waals surface area (Å²) >= 11 is 5.86. The standard InChI is InChI=1S/C17H12ClN3/c18-14-4-6-15(7-5-14)21-17(11-19)13-3-8-16-12(10-13)2-1-9-20-16/h1-10,17,21H. The van der Waals surface area contributed by atoms with Gasteiger partial charge < -0.3 is 5.32 Å². The minimum atomic E-state index is -0.421. The molecule has 0 saturated carbocycles. The number of nitrogens with zero attached hydrogens (tertiary/aromatic N) is 2. The number of hydrogen-bond donors (Lipinski definition) is 1. The first-order chi connectivity index (χ1) is 10.3. The summed E-state index contributed by atoms with van der Waals surface area (Å²) in [6.07, 6.45) is 1.76. The van der Waals surface area contributed by atoms with Crippen LogP contribution in [0.1, 0.15) is 11.6 Å². The molecule has 0 saturated heterocycles. The maximum atomic E-state index is 9.41. The van der Waals surface area contributed by atoms with Gasteiger partial charge in [0, 0.05) is 22.3 Å². The monoisotopic (exact) mass is 293 g/mol. The van der Waals surface area contributed by atoms with E-state index in [2.05, 4.69) is 16.4 Å². The molecule has 0 aliphatic carbocycles. The summed E-state index contributed by atoms with van der Waals surface area (Å²) in [7, 11) is 0. The SMILES string of the molecule is N#CC(Nc1ccc(Cl)cc1)c1ccc2ncccc2c1. The first kappa shape index (κ1) is 13.4. The normalized spacial score (nSPS) is 11.8. The molecule has 0 spiro atoms. The summed E-state index contributed by atoms with van der Waals surface area (Å²) in [5.41, 5.74) is 2.69. The molecule has 1 unspecified atom stereocenters. The first-order valence-corrected chi connectivity index (χ1v) is 6.90. The van der Waals surface area contributed by atoms with Crippen molar-refractivity contribution in [1.82, 2.24) is 4.98 Å². The van der Waals surface area contributed by atoms with Crippen molar-refractivity contribution in [3.63, 3.8) is 0 Å². The van der Waals surface area contributed by atoms with Crippen LogP contribution in [-0.2, 0) is 0 Å². The summed E-state index contributed by atoms with van der Waals surface area (Å²) in [5, 5.41) is 14.3. The molecule has 0 radical (unpaired) electrons. The Bertz CT molecular complexity index is 806. The number of aromatic nitrogens is 1. The molecule has 0 amide bonds. The van der Waals surface area contributed by atoms with Crippen molar-refractivity contribution in [2.75, 3.05) is 5.32 Å². The third-order valence-corrected chi connectivity index (χ3v) is 3.50. The highest BCUT2D eigenvalue weighted by molar-refractivity contribution is 6.30. The third kappa shape index (κ3) is 2.96. The molecule has 1 N–H and O–H groups in total. The highest BCUT2D eigenvalue weighted by atomic mass is 35.5. The van der Waals surface area contributed by atoms with Crippen LogP contribution < -0.4 is 5.32 Å². The van der Waals surface area contributed by atoms with Gasteiger partial charge in [-0.3, -0.25) is 4.98 Å². The lowest BCUT2D eigenvalue weighted by Crippen LogP contribution is -2.08.